The molecule has 0 aromatic carbocycles. The third-order valence-electron chi connectivity index (χ3n) is 2.46. The maximum absolute atomic E-state index is 11.7. The van der Waals surface area contributed by atoms with Crippen LogP contribution in [0.25, 0.3) is 0 Å². The number of ether oxygens (including phenoxy) is 2. The Morgan fingerprint density at radius 1 is 1.48 bits per heavy atom. The number of carboxylic acid groups (broad SMARTS) is 1. The first kappa shape index (κ1) is 17.0. The van der Waals surface area contributed by atoms with E-state index in [1.165, 1.54) is 24.1 Å². The number of methoxy groups -OCH3 is 1. The number of aliphatic carboxylic acids is 1. The molecule has 0 fully saturated rings. The number of nitrogens with zero attached hydrogens (tertiary/aromatic N) is 2. The summed E-state index contributed by atoms with van der Waals surface area (Å²) in [5.74, 6) is -1.19. The molecule has 118 valence electrons. The monoisotopic (exact) mass is 299 g/mol. The van der Waals surface area contributed by atoms with Crippen molar-refractivity contribution in [1.82, 2.24) is 15.1 Å². The minimum Gasteiger partial charge on any atom is -0.479 e. The van der Waals surface area contributed by atoms with Gasteiger partial charge in [-0.25, -0.2) is 9.59 Å². The zero-order valence-corrected chi connectivity index (χ0v) is 12.6. The van der Waals surface area contributed by atoms with E-state index in [-0.39, 0.29) is 0 Å². The highest BCUT2D eigenvalue weighted by Crippen LogP contribution is 2.15. The third-order valence-corrected chi connectivity index (χ3v) is 2.46. The van der Waals surface area contributed by atoms with Crippen LogP contribution in [0.3, 0.4) is 0 Å². The summed E-state index contributed by atoms with van der Waals surface area (Å²) in [6, 6.07) is 0.297. The summed E-state index contributed by atoms with van der Waals surface area (Å²) in [6.07, 6.45) is 0.673. The molecule has 0 radical (unpaired) electrons. The van der Waals surface area contributed by atoms with E-state index in [2.05, 4.69) is 10.4 Å². The maximum Gasteiger partial charge on any atom is 0.408 e. The largest absolute Gasteiger partial charge is 0.479 e. The lowest BCUT2D eigenvalue weighted by atomic mass is 10.2. The van der Waals surface area contributed by atoms with Crippen LogP contribution in [0.4, 0.5) is 4.79 Å². The molecule has 1 aromatic heterocycles. The minimum absolute atomic E-state index is 0.352. The molecule has 1 unspecified atom stereocenters. The van der Waals surface area contributed by atoms with Crippen molar-refractivity contribution in [1.29, 1.82) is 0 Å². The second-order valence-corrected chi connectivity index (χ2v) is 5.39. The van der Waals surface area contributed by atoms with E-state index in [1.54, 1.807) is 20.8 Å². The summed E-state index contributed by atoms with van der Waals surface area (Å²) >= 11 is 0. The van der Waals surface area contributed by atoms with Crippen molar-refractivity contribution in [2.24, 2.45) is 0 Å². The number of carbonyl (C=O) groups excluding carboxylic acids is 1. The molecule has 0 saturated heterocycles. The van der Waals surface area contributed by atoms with Crippen LogP contribution in [0.1, 0.15) is 32.5 Å². The van der Waals surface area contributed by atoms with Gasteiger partial charge in [0.2, 0.25) is 0 Å². The normalized spacial score (nSPS) is 12.8. The van der Waals surface area contributed by atoms with Gasteiger partial charge in [0.15, 0.2) is 6.04 Å². The fourth-order valence-electron chi connectivity index (χ4n) is 1.64. The van der Waals surface area contributed by atoms with E-state index in [1.807, 2.05) is 0 Å². The van der Waals surface area contributed by atoms with Crippen LogP contribution < -0.4 is 5.32 Å². The van der Waals surface area contributed by atoms with Gasteiger partial charge in [0.25, 0.3) is 0 Å². The summed E-state index contributed by atoms with van der Waals surface area (Å²) in [4.78, 5) is 23.1. The Morgan fingerprint density at radius 3 is 2.67 bits per heavy atom. The van der Waals surface area contributed by atoms with E-state index in [9.17, 15) is 14.7 Å². The lowest BCUT2D eigenvalue weighted by molar-refractivity contribution is -0.139. The first-order valence-corrected chi connectivity index (χ1v) is 6.47. The second-order valence-electron chi connectivity index (χ2n) is 5.39. The maximum atomic E-state index is 11.7. The Bertz CT molecular complexity index is 492. The van der Waals surface area contributed by atoms with Gasteiger partial charge >= 0.3 is 12.1 Å². The highest BCUT2D eigenvalue weighted by Gasteiger charge is 2.28. The van der Waals surface area contributed by atoms with Crippen molar-refractivity contribution in [2.75, 3.05) is 13.7 Å². The number of nitrogens with one attached hydrogen (secondary N) is 1. The number of hydrogen-bond donors (Lipinski definition) is 2. The topological polar surface area (TPSA) is 103 Å². The summed E-state index contributed by atoms with van der Waals surface area (Å²) in [5.41, 5.74) is -0.353. The molecule has 1 aromatic rings. The van der Waals surface area contributed by atoms with Crippen LogP contribution in [0.5, 0.6) is 0 Å². The van der Waals surface area contributed by atoms with Crippen molar-refractivity contribution in [3.63, 3.8) is 0 Å². The molecule has 0 bridgehead atoms. The Kier molecular flexibility index (Phi) is 5.71. The van der Waals surface area contributed by atoms with E-state index in [0.29, 0.717) is 18.8 Å². The smallest absolute Gasteiger partial charge is 0.408 e. The summed E-state index contributed by atoms with van der Waals surface area (Å²) in [7, 11) is 1.54. The molecule has 2 N–H and O–H groups in total. The molecule has 0 aliphatic carbocycles. The Balaban J connectivity index is 2.85. The summed E-state index contributed by atoms with van der Waals surface area (Å²) in [5, 5.41) is 15.6. The zero-order chi connectivity index (χ0) is 16.0. The van der Waals surface area contributed by atoms with E-state index < -0.39 is 23.7 Å². The molecule has 0 saturated carbocycles. The number of alkyl carbamates (subject to hydrolysis) is 1. The van der Waals surface area contributed by atoms with Gasteiger partial charge in [-0.1, -0.05) is 0 Å². The standard InChI is InChI=1S/C13H21N3O5/c1-13(2,3)21-12(19)15-10(11(17)18)9-5-6-14-16(9)7-8-20-4/h5-6,10H,7-8H2,1-4H3,(H,15,19)(H,17,18). The van der Waals surface area contributed by atoms with Crippen LogP contribution in [0, 0.1) is 0 Å². The van der Waals surface area contributed by atoms with E-state index >= 15 is 0 Å². The van der Waals surface area contributed by atoms with E-state index in [4.69, 9.17) is 9.47 Å². The van der Waals surface area contributed by atoms with Crippen LogP contribution in [0.15, 0.2) is 12.3 Å². The molecule has 0 aliphatic heterocycles. The predicted octanol–water partition coefficient (Wildman–Crippen LogP) is 1.18. The van der Waals surface area contributed by atoms with Gasteiger partial charge in [-0.05, 0) is 26.8 Å². The van der Waals surface area contributed by atoms with Gasteiger partial charge < -0.3 is 19.9 Å². The molecular formula is C13H21N3O5. The zero-order valence-electron chi connectivity index (χ0n) is 12.6. The van der Waals surface area contributed by atoms with E-state index in [0.717, 1.165) is 0 Å². The van der Waals surface area contributed by atoms with Crippen LogP contribution in [-0.2, 0) is 20.8 Å². The van der Waals surface area contributed by atoms with Gasteiger partial charge in [-0.2, -0.15) is 5.10 Å². The van der Waals surface area contributed by atoms with Crippen molar-refractivity contribution < 1.29 is 24.2 Å². The number of carboxylic acids is 1. The van der Waals surface area contributed by atoms with Crippen LogP contribution in [-0.4, -0.2) is 46.3 Å². The molecule has 0 aliphatic rings. The van der Waals surface area contributed by atoms with Crippen LogP contribution >= 0.6 is 0 Å². The SMILES string of the molecule is COCCn1nccc1C(NC(=O)OC(C)(C)C)C(=O)O. The lowest BCUT2D eigenvalue weighted by Gasteiger charge is -2.22. The minimum atomic E-state index is -1.24. The summed E-state index contributed by atoms with van der Waals surface area (Å²) < 4.78 is 11.5. The number of hydrogen-bond acceptors (Lipinski definition) is 5. The molecule has 1 atom stereocenters. The molecule has 0 spiro atoms. The Labute approximate surface area is 123 Å². The van der Waals surface area contributed by atoms with Gasteiger partial charge in [0, 0.05) is 13.3 Å². The van der Waals surface area contributed by atoms with Gasteiger partial charge in [0.05, 0.1) is 18.8 Å². The lowest BCUT2D eigenvalue weighted by Crippen LogP contribution is -2.39. The van der Waals surface area contributed by atoms with Gasteiger partial charge in [-0.3, -0.25) is 4.68 Å². The van der Waals surface area contributed by atoms with Crippen molar-refractivity contribution >= 4 is 12.1 Å². The average Bonchev–Trinajstić information content (AvgIpc) is 2.78. The third kappa shape index (κ3) is 5.42. The first-order chi connectivity index (χ1) is 9.74. The molecule has 21 heavy (non-hydrogen) atoms. The number of carbonyl (C=O) groups is 2. The predicted molar refractivity (Wildman–Crippen MR) is 73.8 cm³/mol. The Morgan fingerprint density at radius 2 is 2.14 bits per heavy atom. The molecule has 1 amide bonds. The summed E-state index contributed by atoms with van der Waals surface area (Å²) in [6.45, 7) is 5.87. The second kappa shape index (κ2) is 7.07. The number of aromatic nitrogens is 2. The Hall–Kier alpha value is -2.09. The highest BCUT2D eigenvalue weighted by atomic mass is 16.6. The number of rotatable bonds is 6. The van der Waals surface area contributed by atoms with Crippen molar-refractivity contribution in [3.05, 3.63) is 18.0 Å². The molecular weight excluding hydrogens is 278 g/mol. The molecule has 8 heteroatoms. The highest BCUT2D eigenvalue weighted by molar-refractivity contribution is 5.81. The number of amides is 1. The molecule has 1 rings (SSSR count). The molecule has 8 nitrogen and oxygen atoms in total. The quantitative estimate of drug-likeness (QED) is 0.817. The van der Waals surface area contributed by atoms with Gasteiger partial charge in [-0.15, -0.1) is 0 Å². The first-order valence-electron chi connectivity index (χ1n) is 6.47. The van der Waals surface area contributed by atoms with Gasteiger partial charge in [0.1, 0.15) is 5.60 Å². The van der Waals surface area contributed by atoms with Crippen molar-refractivity contribution in [3.8, 4) is 0 Å². The average molecular weight is 299 g/mol. The fourth-order valence-corrected chi connectivity index (χ4v) is 1.64. The molecule has 1 heterocycles. The fraction of sp³-hybridized carbons (Fsp3) is 0.615. The van der Waals surface area contributed by atoms with Crippen LogP contribution in [0.2, 0.25) is 0 Å². The van der Waals surface area contributed by atoms with Crippen molar-refractivity contribution in [2.45, 2.75) is 39.0 Å².